The molecule has 0 unspecified atom stereocenters. The normalized spacial score (nSPS) is 10.3. The number of benzene rings is 3. The van der Waals surface area contributed by atoms with Gasteiger partial charge in [0.2, 0.25) is 0 Å². The highest BCUT2D eigenvalue weighted by atomic mass is 19.1. The fourth-order valence-electron chi connectivity index (χ4n) is 2.71. The molecule has 0 heterocycles. The summed E-state index contributed by atoms with van der Waals surface area (Å²) >= 11 is 0. The highest BCUT2D eigenvalue weighted by molar-refractivity contribution is 6.07. The molecule has 0 spiro atoms. The summed E-state index contributed by atoms with van der Waals surface area (Å²) in [5, 5.41) is 2.82. The highest BCUT2D eigenvalue weighted by Crippen LogP contribution is 2.23. The van der Waals surface area contributed by atoms with Crippen LogP contribution in [-0.4, -0.2) is 19.0 Å². The van der Waals surface area contributed by atoms with Gasteiger partial charge in [0.25, 0.3) is 5.91 Å². The number of carbonyl (C=O) groups is 2. The van der Waals surface area contributed by atoms with Crippen LogP contribution in [0.25, 0.3) is 0 Å². The number of nitrogens with one attached hydrogen (secondary N) is 1. The maximum atomic E-state index is 13.0. The van der Waals surface area contributed by atoms with Crippen molar-refractivity contribution in [3.63, 3.8) is 0 Å². The van der Waals surface area contributed by atoms with Gasteiger partial charge in [-0.3, -0.25) is 4.79 Å². The second kappa shape index (κ2) is 9.01. The van der Waals surface area contributed by atoms with Gasteiger partial charge in [-0.2, -0.15) is 0 Å². The number of carbonyl (C=O) groups excluding carboxylic acids is 2. The summed E-state index contributed by atoms with van der Waals surface area (Å²) < 4.78 is 23.5. The molecular weight excluding hydrogens is 373 g/mol. The van der Waals surface area contributed by atoms with Gasteiger partial charge in [0, 0.05) is 5.69 Å². The van der Waals surface area contributed by atoms with Gasteiger partial charge in [-0.05, 0) is 54.4 Å². The molecule has 0 aromatic heterocycles. The van der Waals surface area contributed by atoms with Crippen LogP contribution in [0.1, 0.15) is 31.8 Å². The average molecular weight is 393 g/mol. The van der Waals surface area contributed by atoms with E-state index in [4.69, 9.17) is 9.47 Å². The summed E-state index contributed by atoms with van der Waals surface area (Å²) in [6, 6.07) is 17.7. The Balaban J connectivity index is 1.78. The minimum absolute atomic E-state index is 0.196. The molecule has 3 aromatic rings. The molecule has 3 rings (SSSR count). The van der Waals surface area contributed by atoms with E-state index in [1.807, 2.05) is 6.92 Å². The second-order valence-electron chi connectivity index (χ2n) is 6.39. The molecule has 0 aliphatic rings. The van der Waals surface area contributed by atoms with E-state index in [1.165, 1.54) is 19.2 Å². The number of aryl methyl sites for hydroxylation is 1. The molecule has 0 atom stereocenters. The van der Waals surface area contributed by atoms with Crippen LogP contribution >= 0.6 is 0 Å². The first kappa shape index (κ1) is 20.1. The third-order valence-corrected chi connectivity index (χ3v) is 4.35. The molecular formula is C23H20FNO4. The number of ether oxygens (including phenoxy) is 2. The summed E-state index contributed by atoms with van der Waals surface area (Å²) in [4.78, 5) is 24.6. The summed E-state index contributed by atoms with van der Waals surface area (Å²) in [6.45, 7) is 2.02. The van der Waals surface area contributed by atoms with Crippen molar-refractivity contribution in [3.8, 4) is 5.75 Å². The number of hydrogen-bond acceptors (Lipinski definition) is 4. The number of anilines is 1. The Bertz CT molecular complexity index is 1030. The van der Waals surface area contributed by atoms with Gasteiger partial charge in [0.05, 0.1) is 18.2 Å². The van der Waals surface area contributed by atoms with Crippen molar-refractivity contribution in [2.45, 2.75) is 13.5 Å². The zero-order chi connectivity index (χ0) is 20.8. The largest absolute Gasteiger partial charge is 0.488 e. The molecule has 0 fully saturated rings. The van der Waals surface area contributed by atoms with Gasteiger partial charge in [-0.1, -0.05) is 30.3 Å². The first-order valence-electron chi connectivity index (χ1n) is 8.94. The van der Waals surface area contributed by atoms with Crippen LogP contribution in [0, 0.1) is 12.7 Å². The molecule has 0 radical (unpaired) electrons. The maximum absolute atomic E-state index is 13.0. The molecule has 0 aliphatic carbocycles. The number of methoxy groups -OCH3 is 1. The van der Waals surface area contributed by atoms with E-state index in [1.54, 1.807) is 54.6 Å². The lowest BCUT2D eigenvalue weighted by Gasteiger charge is -2.13. The minimum Gasteiger partial charge on any atom is -0.488 e. The lowest BCUT2D eigenvalue weighted by Crippen LogP contribution is -2.15. The molecule has 0 bridgehead atoms. The van der Waals surface area contributed by atoms with E-state index in [0.29, 0.717) is 22.6 Å². The van der Waals surface area contributed by atoms with Gasteiger partial charge in [0.1, 0.15) is 18.2 Å². The van der Waals surface area contributed by atoms with Crippen molar-refractivity contribution in [1.29, 1.82) is 0 Å². The van der Waals surface area contributed by atoms with Crippen LogP contribution in [-0.2, 0) is 11.3 Å². The van der Waals surface area contributed by atoms with E-state index in [9.17, 15) is 14.0 Å². The smallest absolute Gasteiger partial charge is 0.337 e. The van der Waals surface area contributed by atoms with Gasteiger partial charge >= 0.3 is 5.97 Å². The number of amides is 1. The zero-order valence-corrected chi connectivity index (χ0v) is 16.1. The third-order valence-electron chi connectivity index (χ3n) is 4.35. The SMILES string of the molecule is COC(=O)c1ccc(C)c(NC(=O)c2ccccc2OCc2ccc(F)cc2)c1. The molecule has 148 valence electrons. The van der Waals surface area contributed by atoms with Gasteiger partial charge < -0.3 is 14.8 Å². The maximum Gasteiger partial charge on any atom is 0.337 e. The number of rotatable bonds is 6. The highest BCUT2D eigenvalue weighted by Gasteiger charge is 2.15. The standard InChI is InChI=1S/C23H20FNO4/c1-15-7-10-17(23(27)28-2)13-20(15)25-22(26)19-5-3-4-6-21(19)29-14-16-8-11-18(24)12-9-16/h3-13H,14H2,1-2H3,(H,25,26). The number of hydrogen-bond donors (Lipinski definition) is 1. The Morgan fingerprint density at radius 3 is 2.45 bits per heavy atom. The molecule has 3 aromatic carbocycles. The number of halogens is 1. The van der Waals surface area contributed by atoms with Crippen LogP contribution in [0.5, 0.6) is 5.75 Å². The lowest BCUT2D eigenvalue weighted by atomic mass is 10.1. The molecule has 0 saturated carbocycles. The quantitative estimate of drug-likeness (QED) is 0.614. The van der Waals surface area contributed by atoms with Gasteiger partial charge in [-0.25, -0.2) is 9.18 Å². The summed E-state index contributed by atoms with van der Waals surface area (Å²) in [5.74, 6) is -0.775. The van der Waals surface area contributed by atoms with Crippen LogP contribution in [0.2, 0.25) is 0 Å². The summed E-state index contributed by atoms with van der Waals surface area (Å²) in [5.41, 5.74) is 2.77. The average Bonchev–Trinajstić information content (AvgIpc) is 2.74. The monoisotopic (exact) mass is 393 g/mol. The van der Waals surface area contributed by atoms with Crippen LogP contribution in [0.15, 0.2) is 66.7 Å². The second-order valence-corrected chi connectivity index (χ2v) is 6.39. The summed E-state index contributed by atoms with van der Waals surface area (Å²) in [6.07, 6.45) is 0. The lowest BCUT2D eigenvalue weighted by molar-refractivity contribution is 0.0600. The zero-order valence-electron chi connectivity index (χ0n) is 16.1. The molecule has 6 heteroatoms. The fraction of sp³-hybridized carbons (Fsp3) is 0.130. The molecule has 29 heavy (non-hydrogen) atoms. The van der Waals surface area contributed by atoms with Gasteiger partial charge in [-0.15, -0.1) is 0 Å². The first-order valence-corrected chi connectivity index (χ1v) is 8.94. The van der Waals surface area contributed by atoms with Crippen molar-refractivity contribution < 1.29 is 23.5 Å². The number of para-hydroxylation sites is 1. The predicted octanol–water partition coefficient (Wildman–Crippen LogP) is 4.75. The Kier molecular flexibility index (Phi) is 6.24. The van der Waals surface area contributed by atoms with E-state index in [0.717, 1.165) is 11.1 Å². The Labute approximate surface area is 168 Å². The Morgan fingerprint density at radius 2 is 1.72 bits per heavy atom. The molecule has 1 amide bonds. The van der Waals surface area contributed by atoms with Crippen molar-refractivity contribution in [2.75, 3.05) is 12.4 Å². The minimum atomic E-state index is -0.483. The summed E-state index contributed by atoms with van der Waals surface area (Å²) in [7, 11) is 1.30. The molecule has 5 nitrogen and oxygen atoms in total. The van der Waals surface area contributed by atoms with E-state index < -0.39 is 5.97 Å². The van der Waals surface area contributed by atoms with Crippen LogP contribution < -0.4 is 10.1 Å². The van der Waals surface area contributed by atoms with Crippen molar-refractivity contribution in [3.05, 3.63) is 94.8 Å². The van der Waals surface area contributed by atoms with Crippen molar-refractivity contribution in [2.24, 2.45) is 0 Å². The fourth-order valence-corrected chi connectivity index (χ4v) is 2.71. The molecule has 1 N–H and O–H groups in total. The topological polar surface area (TPSA) is 64.6 Å². The van der Waals surface area contributed by atoms with Crippen molar-refractivity contribution in [1.82, 2.24) is 0 Å². The third kappa shape index (κ3) is 4.99. The van der Waals surface area contributed by atoms with Gasteiger partial charge in [0.15, 0.2) is 0 Å². The van der Waals surface area contributed by atoms with E-state index >= 15 is 0 Å². The van der Waals surface area contributed by atoms with E-state index in [2.05, 4.69) is 5.32 Å². The Hall–Kier alpha value is -3.67. The van der Waals surface area contributed by atoms with Crippen LogP contribution in [0.3, 0.4) is 0 Å². The number of esters is 1. The van der Waals surface area contributed by atoms with Crippen LogP contribution in [0.4, 0.5) is 10.1 Å². The first-order chi connectivity index (χ1) is 14.0. The Morgan fingerprint density at radius 1 is 1.00 bits per heavy atom. The van der Waals surface area contributed by atoms with Crippen molar-refractivity contribution >= 4 is 17.6 Å². The molecule has 0 aliphatic heterocycles. The van der Waals surface area contributed by atoms with E-state index in [-0.39, 0.29) is 18.3 Å². The predicted molar refractivity (Wildman–Crippen MR) is 108 cm³/mol. The molecule has 0 saturated heterocycles.